The zero-order chi connectivity index (χ0) is 16.5. The van der Waals surface area contributed by atoms with Crippen molar-refractivity contribution in [3.8, 4) is 5.88 Å². The lowest BCUT2D eigenvalue weighted by Crippen LogP contribution is -2.55. The molecule has 0 spiro atoms. The molecule has 7 nitrogen and oxygen atoms in total. The van der Waals surface area contributed by atoms with Crippen LogP contribution in [0.15, 0.2) is 36.0 Å². The van der Waals surface area contributed by atoms with Gasteiger partial charge in [0.05, 0.1) is 13.1 Å². The fraction of sp³-hybridized carbons (Fsp3) is 0.250. The van der Waals surface area contributed by atoms with E-state index in [0.29, 0.717) is 24.7 Å². The van der Waals surface area contributed by atoms with Crippen LogP contribution in [0, 0.1) is 6.92 Å². The van der Waals surface area contributed by atoms with Crippen molar-refractivity contribution in [2.75, 3.05) is 13.1 Å². The molecule has 1 aliphatic heterocycles. The molecule has 0 N–H and O–H groups in total. The monoisotopic (exact) mass is 341 g/mol. The van der Waals surface area contributed by atoms with Crippen LogP contribution in [0.2, 0.25) is 0 Å². The molecular formula is C16H15N5O2S. The summed E-state index contributed by atoms with van der Waals surface area (Å²) in [6.07, 6.45) is 4.85. The number of aryl methyl sites for hydroxylation is 1. The first-order chi connectivity index (χ1) is 11.7. The average molecular weight is 341 g/mol. The van der Waals surface area contributed by atoms with E-state index in [1.165, 1.54) is 6.33 Å². The van der Waals surface area contributed by atoms with Gasteiger partial charge in [0.15, 0.2) is 0 Å². The number of fused-ring (bicyclic) bond motifs is 1. The molecule has 0 aliphatic carbocycles. The van der Waals surface area contributed by atoms with Crippen molar-refractivity contribution >= 4 is 29.1 Å². The van der Waals surface area contributed by atoms with Crippen molar-refractivity contribution < 1.29 is 9.53 Å². The van der Waals surface area contributed by atoms with Gasteiger partial charge in [0.1, 0.15) is 12.4 Å². The number of carbonyl (C=O) groups excluding carboxylic acids is 1. The lowest BCUT2D eigenvalue weighted by Gasteiger charge is -2.38. The molecule has 0 atom stereocenters. The van der Waals surface area contributed by atoms with E-state index in [4.69, 9.17) is 4.74 Å². The van der Waals surface area contributed by atoms with E-state index in [1.54, 1.807) is 26.8 Å². The number of likely N-dealkylation sites (tertiary alicyclic amines) is 1. The Morgan fingerprint density at radius 3 is 3.12 bits per heavy atom. The molecule has 0 bridgehead atoms. The van der Waals surface area contributed by atoms with E-state index in [-0.39, 0.29) is 12.0 Å². The van der Waals surface area contributed by atoms with Gasteiger partial charge in [-0.05, 0) is 24.4 Å². The molecule has 1 amide bonds. The van der Waals surface area contributed by atoms with Gasteiger partial charge in [0.25, 0.3) is 5.78 Å². The van der Waals surface area contributed by atoms with E-state index in [2.05, 4.69) is 15.1 Å². The van der Waals surface area contributed by atoms with E-state index >= 15 is 0 Å². The summed E-state index contributed by atoms with van der Waals surface area (Å²) >= 11 is 1.60. The Bertz CT molecular complexity index is 896. The van der Waals surface area contributed by atoms with E-state index < -0.39 is 0 Å². The van der Waals surface area contributed by atoms with Gasteiger partial charge in [0.2, 0.25) is 11.8 Å². The Hall–Kier alpha value is -2.74. The van der Waals surface area contributed by atoms with Gasteiger partial charge in [-0.1, -0.05) is 6.07 Å². The smallest absolute Gasteiger partial charge is 0.255 e. The normalized spacial score (nSPS) is 15.1. The first kappa shape index (κ1) is 14.8. The molecule has 3 aromatic rings. The number of hydrogen-bond acceptors (Lipinski definition) is 6. The van der Waals surface area contributed by atoms with Crippen molar-refractivity contribution in [2.24, 2.45) is 0 Å². The minimum atomic E-state index is -0.0433. The summed E-state index contributed by atoms with van der Waals surface area (Å²) in [4.78, 5) is 23.3. The predicted octanol–water partition coefficient (Wildman–Crippen LogP) is 1.80. The highest BCUT2D eigenvalue weighted by Crippen LogP contribution is 2.20. The number of carbonyl (C=O) groups is 1. The Morgan fingerprint density at radius 1 is 1.46 bits per heavy atom. The molecule has 0 aromatic carbocycles. The molecule has 0 unspecified atom stereocenters. The van der Waals surface area contributed by atoms with Crippen molar-refractivity contribution in [1.82, 2.24) is 24.5 Å². The first-order valence-electron chi connectivity index (χ1n) is 7.53. The third-order valence-electron chi connectivity index (χ3n) is 3.73. The summed E-state index contributed by atoms with van der Waals surface area (Å²) in [5, 5.41) is 6.10. The number of ether oxygens (including phenoxy) is 1. The second kappa shape index (κ2) is 6.04. The van der Waals surface area contributed by atoms with Crippen molar-refractivity contribution in [2.45, 2.75) is 13.0 Å². The minimum absolute atomic E-state index is 0.0000571. The lowest BCUT2D eigenvalue weighted by atomic mass is 10.1. The SMILES string of the molecule is Cc1cc(OC2CN(C(=O)C=Cc3cccs3)C2)n2ncnc2n1. The van der Waals surface area contributed by atoms with Crippen LogP contribution in [-0.2, 0) is 4.79 Å². The maximum atomic E-state index is 12.1. The fourth-order valence-corrected chi connectivity index (χ4v) is 3.11. The lowest BCUT2D eigenvalue weighted by molar-refractivity contribution is -0.134. The zero-order valence-corrected chi connectivity index (χ0v) is 13.8. The molecule has 8 heteroatoms. The number of nitrogens with zero attached hydrogens (tertiary/aromatic N) is 5. The number of rotatable bonds is 4. The van der Waals surface area contributed by atoms with Crippen LogP contribution >= 0.6 is 11.3 Å². The molecule has 4 heterocycles. The third kappa shape index (κ3) is 2.88. The minimum Gasteiger partial charge on any atom is -0.470 e. The van der Waals surface area contributed by atoms with Crippen LogP contribution in [-0.4, -0.2) is 49.6 Å². The molecular weight excluding hydrogens is 326 g/mol. The molecule has 3 aromatic heterocycles. The van der Waals surface area contributed by atoms with Gasteiger partial charge in [-0.15, -0.1) is 11.3 Å². The Morgan fingerprint density at radius 2 is 2.33 bits per heavy atom. The Labute approximate surface area is 142 Å². The molecule has 1 saturated heterocycles. The number of amides is 1. The van der Waals surface area contributed by atoms with Gasteiger partial charge >= 0.3 is 0 Å². The summed E-state index contributed by atoms with van der Waals surface area (Å²) in [6, 6.07) is 5.76. The quantitative estimate of drug-likeness (QED) is 0.677. The summed E-state index contributed by atoms with van der Waals surface area (Å²) in [5.41, 5.74) is 0.816. The summed E-state index contributed by atoms with van der Waals surface area (Å²) in [7, 11) is 0. The van der Waals surface area contributed by atoms with E-state index in [0.717, 1.165) is 10.6 Å². The molecule has 0 radical (unpaired) electrons. The third-order valence-corrected chi connectivity index (χ3v) is 4.57. The highest BCUT2D eigenvalue weighted by Gasteiger charge is 2.31. The van der Waals surface area contributed by atoms with Gasteiger partial charge in [-0.2, -0.15) is 14.6 Å². The standard InChI is InChI=1S/C16H15N5O2S/c1-11-7-15(21-16(19-11)17-10-18-21)23-12-8-20(9-12)14(22)5-4-13-3-2-6-24-13/h2-7,10,12H,8-9H2,1H3. The average Bonchev–Trinajstić information content (AvgIpc) is 3.18. The molecule has 0 saturated carbocycles. The largest absolute Gasteiger partial charge is 0.470 e. The highest BCUT2D eigenvalue weighted by molar-refractivity contribution is 7.10. The predicted molar refractivity (Wildman–Crippen MR) is 89.9 cm³/mol. The van der Waals surface area contributed by atoms with Crippen LogP contribution in [0.4, 0.5) is 0 Å². The molecule has 1 fully saturated rings. The maximum absolute atomic E-state index is 12.1. The van der Waals surface area contributed by atoms with Crippen LogP contribution < -0.4 is 4.74 Å². The van der Waals surface area contributed by atoms with Crippen LogP contribution in [0.25, 0.3) is 11.9 Å². The fourth-order valence-electron chi connectivity index (χ4n) is 2.49. The second-order valence-corrected chi connectivity index (χ2v) is 6.52. The second-order valence-electron chi connectivity index (χ2n) is 5.54. The zero-order valence-electron chi connectivity index (χ0n) is 13.0. The van der Waals surface area contributed by atoms with Crippen LogP contribution in [0.5, 0.6) is 5.88 Å². The summed E-state index contributed by atoms with van der Waals surface area (Å²) in [6.45, 7) is 3.00. The topological polar surface area (TPSA) is 72.6 Å². The Balaban J connectivity index is 1.37. The maximum Gasteiger partial charge on any atom is 0.255 e. The molecule has 24 heavy (non-hydrogen) atoms. The van der Waals surface area contributed by atoms with Gasteiger partial charge in [-0.3, -0.25) is 4.79 Å². The van der Waals surface area contributed by atoms with Gasteiger partial charge in [0, 0.05) is 22.7 Å². The van der Waals surface area contributed by atoms with Crippen LogP contribution in [0.1, 0.15) is 10.6 Å². The summed E-state index contributed by atoms with van der Waals surface area (Å²) in [5.74, 6) is 1.11. The number of hydrogen-bond donors (Lipinski definition) is 0. The molecule has 1 aliphatic rings. The van der Waals surface area contributed by atoms with Crippen LogP contribution in [0.3, 0.4) is 0 Å². The van der Waals surface area contributed by atoms with Gasteiger partial charge < -0.3 is 9.64 Å². The molecule has 4 rings (SSSR count). The molecule has 122 valence electrons. The Kier molecular flexibility index (Phi) is 3.73. The number of thiophene rings is 1. The van der Waals surface area contributed by atoms with Crippen molar-refractivity contribution in [3.63, 3.8) is 0 Å². The van der Waals surface area contributed by atoms with Crippen molar-refractivity contribution in [3.05, 3.63) is 46.6 Å². The van der Waals surface area contributed by atoms with E-state index in [9.17, 15) is 4.79 Å². The highest BCUT2D eigenvalue weighted by atomic mass is 32.1. The van der Waals surface area contributed by atoms with Crippen molar-refractivity contribution in [1.29, 1.82) is 0 Å². The summed E-state index contributed by atoms with van der Waals surface area (Å²) < 4.78 is 7.50. The van der Waals surface area contributed by atoms with Gasteiger partial charge in [-0.25, -0.2) is 4.98 Å². The van der Waals surface area contributed by atoms with E-state index in [1.807, 2.05) is 36.6 Å². The number of aromatic nitrogens is 4. The first-order valence-corrected chi connectivity index (χ1v) is 8.41.